The minimum Gasteiger partial charge on any atom is -0.378 e. The molecular formula is C15H22FNO2. The molecule has 4 heteroatoms. The normalized spacial score (nSPS) is 14.7. The molecule has 1 aliphatic rings. The van der Waals surface area contributed by atoms with E-state index in [1.165, 1.54) is 13.0 Å². The largest absolute Gasteiger partial charge is 0.378 e. The molecule has 0 spiro atoms. The minimum atomic E-state index is -0.431. The Labute approximate surface area is 114 Å². The van der Waals surface area contributed by atoms with E-state index in [9.17, 15) is 9.18 Å². The van der Waals surface area contributed by atoms with Crippen LogP contribution >= 0.6 is 0 Å². The van der Waals surface area contributed by atoms with Crippen molar-refractivity contribution < 1.29 is 13.9 Å². The lowest BCUT2D eigenvalue weighted by molar-refractivity contribution is 0.101. The van der Waals surface area contributed by atoms with Gasteiger partial charge < -0.3 is 9.64 Å². The maximum absolute atomic E-state index is 13.8. The molecule has 3 nitrogen and oxygen atoms in total. The number of carbonyl (C=O) groups is 1. The van der Waals surface area contributed by atoms with E-state index in [0.29, 0.717) is 18.8 Å². The van der Waals surface area contributed by atoms with Crippen LogP contribution in [0.15, 0.2) is 12.1 Å². The molecule has 0 N–H and O–H groups in total. The van der Waals surface area contributed by atoms with E-state index < -0.39 is 5.82 Å². The van der Waals surface area contributed by atoms with Crippen LogP contribution in [0.25, 0.3) is 0 Å². The third-order valence-electron chi connectivity index (χ3n) is 3.00. The Morgan fingerprint density at radius 1 is 1.26 bits per heavy atom. The highest BCUT2D eigenvalue weighted by Gasteiger charge is 2.16. The van der Waals surface area contributed by atoms with Crippen LogP contribution in [-0.4, -0.2) is 32.1 Å². The Morgan fingerprint density at radius 2 is 1.84 bits per heavy atom. The summed E-state index contributed by atoms with van der Waals surface area (Å²) in [5.74, 6) is -0.660. The molecule has 1 aromatic carbocycles. The zero-order valence-electron chi connectivity index (χ0n) is 12.1. The summed E-state index contributed by atoms with van der Waals surface area (Å²) in [4.78, 5) is 13.4. The predicted molar refractivity (Wildman–Crippen MR) is 75.5 cm³/mol. The number of anilines is 1. The van der Waals surface area contributed by atoms with Gasteiger partial charge in [0.15, 0.2) is 5.78 Å². The monoisotopic (exact) mass is 267 g/mol. The molecule has 0 radical (unpaired) electrons. The number of ketones is 1. The highest BCUT2D eigenvalue weighted by Crippen LogP contribution is 2.23. The first-order chi connectivity index (χ1) is 9.09. The SMILES string of the molecule is CC.CC(=O)c1c(C)cc(N2CCOCC2)cc1F. The van der Waals surface area contributed by atoms with Crippen molar-refractivity contribution in [2.75, 3.05) is 31.2 Å². The standard InChI is InChI=1S/C13H16FNO2.C2H6/c1-9-7-11(15-3-5-17-6-4-15)8-12(14)13(9)10(2)16;1-2/h7-8H,3-6H2,1-2H3;1-2H3. The van der Waals surface area contributed by atoms with Crippen LogP contribution in [0.4, 0.5) is 10.1 Å². The number of halogens is 1. The van der Waals surface area contributed by atoms with Gasteiger partial charge >= 0.3 is 0 Å². The molecule has 1 aliphatic heterocycles. The fourth-order valence-corrected chi connectivity index (χ4v) is 2.18. The summed E-state index contributed by atoms with van der Waals surface area (Å²) in [7, 11) is 0. The Morgan fingerprint density at radius 3 is 2.32 bits per heavy atom. The Hall–Kier alpha value is -1.42. The molecule has 19 heavy (non-hydrogen) atoms. The number of hydrogen-bond acceptors (Lipinski definition) is 3. The number of aryl methyl sites for hydroxylation is 1. The molecule has 0 aromatic heterocycles. The van der Waals surface area contributed by atoms with E-state index in [-0.39, 0.29) is 11.3 Å². The van der Waals surface area contributed by atoms with Crippen molar-refractivity contribution in [1.82, 2.24) is 0 Å². The maximum Gasteiger partial charge on any atom is 0.163 e. The molecule has 1 saturated heterocycles. The molecule has 0 bridgehead atoms. The summed E-state index contributed by atoms with van der Waals surface area (Å²) in [6.07, 6.45) is 0. The van der Waals surface area contributed by atoms with E-state index in [0.717, 1.165) is 18.8 Å². The minimum absolute atomic E-state index is 0.196. The van der Waals surface area contributed by atoms with Gasteiger partial charge in [0, 0.05) is 18.8 Å². The van der Waals surface area contributed by atoms with Gasteiger partial charge in [-0.2, -0.15) is 0 Å². The molecule has 0 atom stereocenters. The van der Waals surface area contributed by atoms with Gasteiger partial charge in [0.05, 0.1) is 18.8 Å². The number of morpholine rings is 1. The van der Waals surface area contributed by atoms with Crippen molar-refractivity contribution in [2.45, 2.75) is 27.7 Å². The fraction of sp³-hybridized carbons (Fsp3) is 0.533. The second-order valence-electron chi connectivity index (χ2n) is 4.28. The van der Waals surface area contributed by atoms with Crippen LogP contribution in [0.3, 0.4) is 0 Å². The topological polar surface area (TPSA) is 29.5 Å². The average Bonchev–Trinajstić information content (AvgIpc) is 2.40. The van der Waals surface area contributed by atoms with Gasteiger partial charge in [-0.25, -0.2) is 4.39 Å². The lowest BCUT2D eigenvalue weighted by Gasteiger charge is -2.29. The molecule has 106 valence electrons. The third-order valence-corrected chi connectivity index (χ3v) is 3.00. The van der Waals surface area contributed by atoms with Crippen molar-refractivity contribution in [3.8, 4) is 0 Å². The Balaban J connectivity index is 0.000000861. The molecule has 1 aromatic rings. The zero-order chi connectivity index (χ0) is 14.4. The smallest absolute Gasteiger partial charge is 0.163 e. The van der Waals surface area contributed by atoms with E-state index in [1.54, 1.807) is 6.92 Å². The van der Waals surface area contributed by atoms with Gasteiger partial charge in [0.2, 0.25) is 0 Å². The second kappa shape index (κ2) is 7.24. The number of benzene rings is 1. The lowest BCUT2D eigenvalue weighted by atomic mass is 10.0. The van der Waals surface area contributed by atoms with Gasteiger partial charge in [-0.3, -0.25) is 4.79 Å². The number of rotatable bonds is 2. The van der Waals surface area contributed by atoms with Gasteiger partial charge in [-0.15, -0.1) is 0 Å². The fourth-order valence-electron chi connectivity index (χ4n) is 2.18. The van der Waals surface area contributed by atoms with Crippen LogP contribution in [-0.2, 0) is 4.74 Å². The predicted octanol–water partition coefficient (Wildman–Crippen LogP) is 3.20. The summed E-state index contributed by atoms with van der Waals surface area (Å²) < 4.78 is 19.1. The second-order valence-corrected chi connectivity index (χ2v) is 4.28. The van der Waals surface area contributed by atoms with Gasteiger partial charge in [0.1, 0.15) is 5.82 Å². The highest BCUT2D eigenvalue weighted by molar-refractivity contribution is 5.96. The molecule has 1 heterocycles. The molecule has 1 fully saturated rings. The van der Waals surface area contributed by atoms with E-state index >= 15 is 0 Å². The van der Waals surface area contributed by atoms with Crippen LogP contribution in [0.1, 0.15) is 36.7 Å². The van der Waals surface area contributed by atoms with Crippen LogP contribution < -0.4 is 4.90 Å². The number of nitrogens with zero attached hydrogens (tertiary/aromatic N) is 1. The molecule has 0 aliphatic carbocycles. The summed E-state index contributed by atoms with van der Waals surface area (Å²) in [5.41, 5.74) is 1.72. The van der Waals surface area contributed by atoms with Crippen LogP contribution in [0.5, 0.6) is 0 Å². The van der Waals surface area contributed by atoms with E-state index in [1.807, 2.05) is 19.9 Å². The highest BCUT2D eigenvalue weighted by atomic mass is 19.1. The summed E-state index contributed by atoms with van der Waals surface area (Å²) >= 11 is 0. The Kier molecular flexibility index (Phi) is 5.96. The number of carbonyl (C=O) groups excluding carboxylic acids is 1. The van der Waals surface area contributed by atoms with Gasteiger partial charge in [-0.05, 0) is 31.5 Å². The lowest BCUT2D eigenvalue weighted by Crippen LogP contribution is -2.36. The zero-order valence-corrected chi connectivity index (χ0v) is 12.1. The first kappa shape index (κ1) is 15.6. The quantitative estimate of drug-likeness (QED) is 0.771. The number of Topliss-reactive ketones (excluding diaryl/α,β-unsaturated/α-hetero) is 1. The number of ether oxygens (including phenoxy) is 1. The van der Waals surface area contributed by atoms with Crippen molar-refractivity contribution in [2.24, 2.45) is 0 Å². The maximum atomic E-state index is 13.8. The van der Waals surface area contributed by atoms with Crippen molar-refractivity contribution >= 4 is 11.5 Å². The van der Waals surface area contributed by atoms with Crippen LogP contribution in [0.2, 0.25) is 0 Å². The Bertz CT molecular complexity index is 417. The molecule has 0 amide bonds. The molecular weight excluding hydrogens is 245 g/mol. The first-order valence-electron chi connectivity index (χ1n) is 6.73. The van der Waals surface area contributed by atoms with Gasteiger partial charge in [0.25, 0.3) is 0 Å². The van der Waals surface area contributed by atoms with E-state index in [4.69, 9.17) is 4.74 Å². The van der Waals surface area contributed by atoms with Crippen LogP contribution in [0, 0.1) is 12.7 Å². The summed E-state index contributed by atoms with van der Waals surface area (Å²) in [6.45, 7) is 10.0. The third kappa shape index (κ3) is 3.77. The summed E-state index contributed by atoms with van der Waals surface area (Å²) in [5, 5.41) is 0. The van der Waals surface area contributed by atoms with Crippen molar-refractivity contribution in [1.29, 1.82) is 0 Å². The molecule has 0 unspecified atom stereocenters. The number of hydrogen-bond donors (Lipinski definition) is 0. The van der Waals surface area contributed by atoms with Crippen molar-refractivity contribution in [3.05, 3.63) is 29.1 Å². The summed E-state index contributed by atoms with van der Waals surface area (Å²) in [6, 6.07) is 3.31. The van der Waals surface area contributed by atoms with Crippen molar-refractivity contribution in [3.63, 3.8) is 0 Å². The molecule has 0 saturated carbocycles. The first-order valence-corrected chi connectivity index (χ1v) is 6.73. The van der Waals surface area contributed by atoms with E-state index in [2.05, 4.69) is 4.90 Å². The molecule has 2 rings (SSSR count). The van der Waals surface area contributed by atoms with Gasteiger partial charge in [-0.1, -0.05) is 13.8 Å². The average molecular weight is 267 g/mol.